The van der Waals surface area contributed by atoms with E-state index in [1.165, 1.54) is 53.4 Å². The Morgan fingerprint density at radius 1 is 0.603 bits per heavy atom. The van der Waals surface area contributed by atoms with Gasteiger partial charge in [0, 0.05) is 84.9 Å². The molecule has 0 spiro atoms. The molecule has 10 nitrogen and oxygen atoms in total. The molecule has 0 radical (unpaired) electrons. The molecule has 6 N–H and O–H groups in total. The van der Waals surface area contributed by atoms with Gasteiger partial charge in [0.1, 0.15) is 0 Å². The van der Waals surface area contributed by atoms with E-state index < -0.39 is 64.8 Å². The second kappa shape index (κ2) is 28.6. The van der Waals surface area contributed by atoms with Crippen molar-refractivity contribution in [3.05, 3.63) is 148 Å². The number of carbonyl (C=O) groups is 4. The lowest BCUT2D eigenvalue weighted by Crippen LogP contribution is -2.43. The number of aliphatic hydroxyl groups is 1. The predicted molar refractivity (Wildman–Crippen MR) is 263 cm³/mol. The summed E-state index contributed by atoms with van der Waals surface area (Å²) in [5.74, 6) is -0.480. The van der Waals surface area contributed by atoms with Crippen molar-refractivity contribution in [3.63, 3.8) is 0 Å². The van der Waals surface area contributed by atoms with E-state index in [9.17, 15) is 90.1 Å². The first kappa shape index (κ1) is 65.3. The molecule has 3 aliphatic heterocycles. The average Bonchev–Trinajstić information content (AvgIpc) is 3.34. The second-order valence-electron chi connectivity index (χ2n) is 16.8. The number of amides is 2. The van der Waals surface area contributed by atoms with Gasteiger partial charge in [0.05, 0.1) is 33.9 Å². The maximum atomic E-state index is 12.4. The van der Waals surface area contributed by atoms with Gasteiger partial charge < -0.3 is 31.7 Å². The van der Waals surface area contributed by atoms with Crippen LogP contribution < -0.4 is 26.6 Å². The van der Waals surface area contributed by atoms with Crippen LogP contribution in [0, 0.1) is 0 Å². The van der Waals surface area contributed by atoms with Crippen molar-refractivity contribution in [3.8, 4) is 0 Å². The highest BCUT2D eigenvalue weighted by Gasteiger charge is 2.35. The fourth-order valence-corrected chi connectivity index (χ4v) is 6.89. The molecule has 3 heterocycles. The number of benzene rings is 5. The van der Waals surface area contributed by atoms with Crippen molar-refractivity contribution in [2.24, 2.45) is 0 Å². The summed E-state index contributed by atoms with van der Waals surface area (Å²) in [6, 6.07) is 19.9. The predicted octanol–water partition coefficient (Wildman–Crippen LogP) is 15.0. The van der Waals surface area contributed by atoms with Crippen molar-refractivity contribution in [1.82, 2.24) is 0 Å². The molecule has 0 aliphatic carbocycles. The lowest BCUT2D eigenvalue weighted by atomic mass is 9.98. The third kappa shape index (κ3) is 21.4. The number of hydrogen-bond acceptors (Lipinski definition) is 8. The van der Waals surface area contributed by atoms with Crippen molar-refractivity contribution in [1.29, 1.82) is 0 Å². The van der Waals surface area contributed by atoms with Gasteiger partial charge in [0.2, 0.25) is 17.1 Å². The monoisotopic (exact) mass is 1150 g/mol. The van der Waals surface area contributed by atoms with Crippen molar-refractivity contribution >= 4 is 62.9 Å². The molecular weight excluding hydrogens is 1100 g/mol. The van der Waals surface area contributed by atoms with Gasteiger partial charge in [-0.25, -0.2) is 0 Å². The van der Waals surface area contributed by atoms with Crippen LogP contribution in [0.2, 0.25) is 0 Å². The largest absolute Gasteiger partial charge is 0.416 e. The van der Waals surface area contributed by atoms with E-state index in [1.54, 1.807) is 0 Å². The normalized spacial score (nSPS) is 14.8. The molecule has 26 heteroatoms. The standard InChI is InChI=1S/C11H12F3NO.C10H8F3NO.C10H10F3NO.C10H8F3NO.C7H6F3N.C4H7ClO/c1-2-3-10(16)15-9-6-4-8(5-7-9)11(12,13)14;11-10(12,13)7-1-3-8(4-2-7)14-6-5-9(14)15;2*11-10(12,13)6-1-2-8-7(5-6)9(15)3-4-14-8;8-7(9,10)5-1-3-6(11)4-2-5;1-2-3-4(5)6/h4-7H,2-3H2,1H3,(H,15,16);1-4H,5-6H2;1-2,5,9,14-15H,3-4H2;1-2,5,14H,3-4H2;1-4H,11H2;2-3H2,1H3. The summed E-state index contributed by atoms with van der Waals surface area (Å²) < 4.78 is 183. The van der Waals surface area contributed by atoms with Gasteiger partial charge in [-0.05, 0) is 140 Å². The van der Waals surface area contributed by atoms with E-state index in [4.69, 9.17) is 17.3 Å². The Morgan fingerprint density at radius 3 is 1.46 bits per heavy atom. The number of hydrogen-bond donors (Lipinski definition) is 5. The lowest BCUT2D eigenvalue weighted by Gasteiger charge is -2.30. The van der Waals surface area contributed by atoms with Crippen LogP contribution in [-0.2, 0) is 45.3 Å². The number of β-lactam (4-membered cyclic amide) rings is 1. The number of anilines is 5. The Labute approximate surface area is 442 Å². The molecule has 1 saturated heterocycles. The molecule has 5 aromatic carbocycles. The fraction of sp³-hybridized carbons (Fsp3) is 0.346. The van der Waals surface area contributed by atoms with Crippen LogP contribution in [0.1, 0.15) is 109 Å². The molecule has 8 rings (SSSR count). The summed E-state index contributed by atoms with van der Waals surface area (Å²) >= 11 is 4.94. The summed E-state index contributed by atoms with van der Waals surface area (Å²) in [5.41, 5.74) is 4.39. The average molecular weight is 1150 g/mol. The third-order valence-corrected chi connectivity index (χ3v) is 11.0. The molecule has 0 bridgehead atoms. The lowest BCUT2D eigenvalue weighted by molar-refractivity contribution is -0.138. The number of nitrogens with two attached hydrogens (primary N) is 1. The number of ketones is 1. The Morgan fingerprint density at radius 2 is 1.04 bits per heavy atom. The first-order chi connectivity index (χ1) is 36.1. The molecule has 5 aromatic rings. The number of Topliss-reactive ketones (excluding diaryl/α,β-unsaturated/α-hetero) is 1. The van der Waals surface area contributed by atoms with Crippen LogP contribution >= 0.6 is 11.6 Å². The number of carbonyl (C=O) groups excluding carboxylic acids is 4. The Hall–Kier alpha value is -7.02. The topological polar surface area (TPSA) is 154 Å². The first-order valence-corrected chi connectivity index (χ1v) is 23.7. The molecule has 1 atom stereocenters. The highest BCUT2D eigenvalue weighted by Crippen LogP contribution is 2.38. The van der Waals surface area contributed by atoms with E-state index in [0.29, 0.717) is 85.7 Å². The summed E-state index contributed by atoms with van der Waals surface area (Å²) in [6.07, 6.45) is -18.9. The van der Waals surface area contributed by atoms with Crippen LogP contribution in [0.4, 0.5) is 94.3 Å². The molecule has 0 saturated carbocycles. The number of halogens is 16. The van der Waals surface area contributed by atoms with Gasteiger partial charge in [-0.2, -0.15) is 65.9 Å². The molecule has 3 aliphatic rings. The van der Waals surface area contributed by atoms with Crippen LogP contribution in [-0.4, -0.2) is 47.6 Å². The maximum Gasteiger partial charge on any atom is 0.416 e. The summed E-state index contributed by atoms with van der Waals surface area (Å²) in [7, 11) is 0. The molecule has 426 valence electrons. The zero-order valence-electron chi connectivity index (χ0n) is 41.2. The van der Waals surface area contributed by atoms with Gasteiger partial charge in [0.15, 0.2) is 5.78 Å². The SMILES string of the molecule is CCCC(=O)Cl.CCCC(=O)Nc1ccc(C(F)(F)F)cc1.Nc1ccc(C(F)(F)F)cc1.O=C1CCN1c1ccc(C(F)(F)F)cc1.O=C1CCNc2ccc(C(F)(F)F)cc21.OC1CCNc2ccc(C(F)(F)F)cc21. The van der Waals surface area contributed by atoms with Crippen molar-refractivity contribution in [2.75, 3.05) is 46.2 Å². The number of nitrogen functional groups attached to an aromatic ring is 1. The smallest absolute Gasteiger partial charge is 0.399 e. The molecule has 0 aromatic heterocycles. The van der Waals surface area contributed by atoms with E-state index in [2.05, 4.69) is 16.0 Å². The number of aliphatic hydroxyl groups excluding tert-OH is 1. The van der Waals surface area contributed by atoms with Gasteiger partial charge in [0.25, 0.3) is 0 Å². The zero-order valence-corrected chi connectivity index (χ0v) is 41.9. The van der Waals surface area contributed by atoms with E-state index in [-0.39, 0.29) is 34.8 Å². The number of nitrogens with one attached hydrogen (secondary N) is 3. The third-order valence-electron chi connectivity index (χ3n) is 10.8. The minimum absolute atomic E-state index is 0.0465. The molecule has 78 heavy (non-hydrogen) atoms. The van der Waals surface area contributed by atoms with Crippen molar-refractivity contribution in [2.45, 2.75) is 95.8 Å². The van der Waals surface area contributed by atoms with Crippen molar-refractivity contribution < 1.29 is 90.1 Å². The Bertz CT molecular complexity index is 2750. The summed E-state index contributed by atoms with van der Waals surface area (Å²) in [6.45, 7) is 5.42. The number of alkyl halides is 15. The highest BCUT2D eigenvalue weighted by molar-refractivity contribution is 6.63. The molecular formula is C52H51ClF15N5O5. The second-order valence-corrected chi connectivity index (χ2v) is 17.2. The van der Waals surface area contributed by atoms with Gasteiger partial charge >= 0.3 is 30.9 Å². The van der Waals surface area contributed by atoms with Gasteiger partial charge in [-0.1, -0.05) is 13.8 Å². The summed E-state index contributed by atoms with van der Waals surface area (Å²) in [4.78, 5) is 44.8. The Balaban J connectivity index is 0.000000251. The number of nitrogens with zero attached hydrogens (tertiary/aromatic N) is 1. The van der Waals surface area contributed by atoms with E-state index in [1.807, 2.05) is 13.8 Å². The number of rotatable bonds is 6. The first-order valence-electron chi connectivity index (χ1n) is 23.3. The minimum atomic E-state index is -4.40. The van der Waals surface area contributed by atoms with Gasteiger partial charge in [-0.15, -0.1) is 0 Å². The number of fused-ring (bicyclic) bond motifs is 2. The van der Waals surface area contributed by atoms with E-state index >= 15 is 0 Å². The molecule has 2 amide bonds. The van der Waals surface area contributed by atoms with Crippen LogP contribution in [0.3, 0.4) is 0 Å². The van der Waals surface area contributed by atoms with E-state index in [0.717, 1.165) is 67.1 Å². The maximum absolute atomic E-state index is 12.4. The molecule has 1 unspecified atom stereocenters. The zero-order chi connectivity index (χ0) is 58.8. The van der Waals surface area contributed by atoms with Crippen LogP contribution in [0.15, 0.2) is 109 Å². The van der Waals surface area contributed by atoms with Gasteiger partial charge in [-0.3, -0.25) is 19.2 Å². The summed E-state index contributed by atoms with van der Waals surface area (Å²) in [5, 5.41) is 17.6. The Kier molecular flexibility index (Phi) is 23.9. The molecule has 1 fully saturated rings. The van der Waals surface area contributed by atoms with Crippen LogP contribution in [0.25, 0.3) is 0 Å². The quantitative estimate of drug-likeness (QED) is 0.0487. The van der Waals surface area contributed by atoms with Crippen LogP contribution in [0.5, 0.6) is 0 Å². The fourth-order valence-electron chi connectivity index (χ4n) is 6.71. The highest BCUT2D eigenvalue weighted by atomic mass is 35.5. The minimum Gasteiger partial charge on any atom is -0.399 e.